The third-order valence-corrected chi connectivity index (χ3v) is 9.55. The van der Waals surface area contributed by atoms with E-state index < -0.39 is 0 Å². The maximum absolute atomic E-state index is 6.48. The molecule has 3 aromatic heterocycles. The molecule has 0 saturated carbocycles. The summed E-state index contributed by atoms with van der Waals surface area (Å²) in [4.78, 5) is 4.79. The van der Waals surface area contributed by atoms with Gasteiger partial charge in [0.15, 0.2) is 0 Å². The summed E-state index contributed by atoms with van der Waals surface area (Å²) in [5.41, 5.74) is 14.1. The number of benzene rings is 4. The van der Waals surface area contributed by atoms with Crippen LogP contribution in [0.25, 0.3) is 44.4 Å². The molecule has 0 radical (unpaired) electrons. The monoisotopic (exact) mass is 811 g/mol. The first-order chi connectivity index (χ1) is 22.6. The van der Waals surface area contributed by atoms with Gasteiger partial charge in [0.2, 0.25) is 0 Å². The zero-order chi connectivity index (χ0) is 33.0. The predicted molar refractivity (Wildman–Crippen MR) is 192 cm³/mol. The minimum atomic E-state index is 0. The van der Waals surface area contributed by atoms with E-state index in [0.717, 1.165) is 50.9 Å². The van der Waals surface area contributed by atoms with Crippen molar-refractivity contribution in [3.05, 3.63) is 130 Å². The summed E-state index contributed by atoms with van der Waals surface area (Å²) in [6, 6.07) is 28.0. The van der Waals surface area contributed by atoms with Crippen molar-refractivity contribution < 1.29 is 25.8 Å². The van der Waals surface area contributed by atoms with E-state index in [1.54, 1.807) is 0 Å². The van der Waals surface area contributed by atoms with Crippen molar-refractivity contribution in [3.8, 4) is 34.1 Å². The second-order valence-corrected chi connectivity index (χ2v) is 13.2. The van der Waals surface area contributed by atoms with Gasteiger partial charge in [-0.1, -0.05) is 44.5 Å². The van der Waals surface area contributed by atoms with Gasteiger partial charge in [-0.3, -0.25) is 4.68 Å². The standard InChI is InChI=1S/C42H40N4O.Pt/c1-25(2)17-32-15-16-43-41(20-32)46-39-12-10-9-11-37(39)38-14-13-35(22-40(38)46)47-36-19-26(3)18-34(21-36)45-24-33(23-44-45)42-30(7)28(5)27(4)29(6)31(42)8;/h9-16,18-20,23-25H,17H2,1-8H3;/q-2;+2. The van der Waals surface area contributed by atoms with Gasteiger partial charge in [-0.05, 0) is 115 Å². The number of nitrogens with zero attached hydrogens (tertiary/aromatic N) is 4. The number of pyridine rings is 1. The Morgan fingerprint density at radius 1 is 0.771 bits per heavy atom. The third kappa shape index (κ3) is 6.01. The van der Waals surface area contributed by atoms with Crippen LogP contribution in [0.2, 0.25) is 0 Å². The number of para-hydroxylation sites is 1. The fraction of sp³-hybridized carbons (Fsp3) is 0.238. The molecule has 0 aliphatic carbocycles. The fourth-order valence-electron chi connectivity index (χ4n) is 6.83. The minimum Gasteiger partial charge on any atom is -0.509 e. The van der Waals surface area contributed by atoms with E-state index in [2.05, 4.69) is 127 Å². The summed E-state index contributed by atoms with van der Waals surface area (Å²) in [6.45, 7) is 17.6. The Morgan fingerprint density at radius 3 is 2.25 bits per heavy atom. The van der Waals surface area contributed by atoms with Crippen molar-refractivity contribution in [1.82, 2.24) is 19.3 Å². The van der Waals surface area contributed by atoms with Gasteiger partial charge in [-0.2, -0.15) is 16.7 Å². The molecule has 0 N–H and O–H groups in total. The van der Waals surface area contributed by atoms with Crippen LogP contribution in [-0.2, 0) is 27.5 Å². The maximum atomic E-state index is 6.48. The SMILES string of the molecule is Cc1cc(Oc2[c-]c3c(cc2)c2ccccc2n3-c2cc(CC(C)C)ccn2)[c-]c(-n2cc(-c3c(C)c(C)c(C)c(C)c3C)cn2)c1.[Pt+2]. The molecule has 0 aliphatic heterocycles. The van der Waals surface area contributed by atoms with Gasteiger partial charge >= 0.3 is 21.1 Å². The Hall–Kier alpha value is -4.47. The Bertz CT molecular complexity index is 2280. The van der Waals surface area contributed by atoms with Gasteiger partial charge in [-0.25, -0.2) is 4.98 Å². The van der Waals surface area contributed by atoms with Crippen molar-refractivity contribution in [2.45, 2.75) is 61.8 Å². The summed E-state index contributed by atoms with van der Waals surface area (Å²) >= 11 is 0. The van der Waals surface area contributed by atoms with E-state index in [9.17, 15) is 0 Å². The Labute approximate surface area is 297 Å². The molecule has 0 amide bonds. The number of aryl methyl sites for hydroxylation is 1. The van der Waals surface area contributed by atoms with E-state index >= 15 is 0 Å². The number of fused-ring (bicyclic) bond motifs is 3. The topological polar surface area (TPSA) is 44.9 Å². The third-order valence-electron chi connectivity index (χ3n) is 9.55. The van der Waals surface area contributed by atoms with Crippen LogP contribution in [0.5, 0.6) is 11.5 Å². The smallest absolute Gasteiger partial charge is 0.509 e. The minimum absolute atomic E-state index is 0. The predicted octanol–water partition coefficient (Wildman–Crippen LogP) is 10.5. The molecular weight excluding hydrogens is 772 g/mol. The Balaban J connectivity index is 0.00000401. The summed E-state index contributed by atoms with van der Waals surface area (Å²) in [5.74, 6) is 2.67. The molecule has 0 fully saturated rings. The fourth-order valence-corrected chi connectivity index (χ4v) is 6.83. The number of aromatic nitrogens is 4. The molecule has 6 heteroatoms. The molecule has 4 aromatic carbocycles. The van der Waals surface area contributed by atoms with Crippen LogP contribution in [0.3, 0.4) is 0 Å². The number of hydrogen-bond acceptors (Lipinski definition) is 3. The van der Waals surface area contributed by atoms with Crippen molar-refractivity contribution in [2.75, 3.05) is 0 Å². The van der Waals surface area contributed by atoms with Crippen molar-refractivity contribution in [2.24, 2.45) is 5.92 Å². The summed E-state index contributed by atoms with van der Waals surface area (Å²) in [5, 5.41) is 7.03. The molecular formula is C42H40N4OPt. The van der Waals surface area contributed by atoms with Crippen LogP contribution >= 0.6 is 0 Å². The van der Waals surface area contributed by atoms with Gasteiger partial charge in [0.25, 0.3) is 0 Å². The molecule has 0 bridgehead atoms. The average Bonchev–Trinajstić information content (AvgIpc) is 3.66. The van der Waals surface area contributed by atoms with Crippen LogP contribution in [0, 0.1) is 59.6 Å². The van der Waals surface area contributed by atoms with Crippen LogP contribution in [0.4, 0.5) is 0 Å². The second-order valence-electron chi connectivity index (χ2n) is 13.2. The number of ether oxygens (including phenoxy) is 1. The summed E-state index contributed by atoms with van der Waals surface area (Å²) in [6.07, 6.45) is 6.94. The average molecular weight is 812 g/mol. The first-order valence-electron chi connectivity index (χ1n) is 16.3. The molecule has 0 aliphatic rings. The first kappa shape index (κ1) is 33.4. The molecule has 7 rings (SSSR count). The van der Waals surface area contributed by atoms with Gasteiger partial charge in [0, 0.05) is 35.0 Å². The van der Waals surface area contributed by atoms with Crippen molar-refractivity contribution in [3.63, 3.8) is 0 Å². The Morgan fingerprint density at radius 2 is 1.50 bits per heavy atom. The van der Waals surface area contributed by atoms with E-state index in [1.807, 2.05) is 29.2 Å². The van der Waals surface area contributed by atoms with Crippen molar-refractivity contribution >= 4 is 21.8 Å². The molecule has 244 valence electrons. The first-order valence-corrected chi connectivity index (χ1v) is 16.3. The van der Waals surface area contributed by atoms with E-state index in [4.69, 9.17) is 14.8 Å². The summed E-state index contributed by atoms with van der Waals surface area (Å²) in [7, 11) is 0. The molecule has 0 unspecified atom stereocenters. The zero-order valence-electron chi connectivity index (χ0n) is 28.8. The quantitative estimate of drug-likeness (QED) is 0.151. The normalized spacial score (nSPS) is 11.4. The molecule has 48 heavy (non-hydrogen) atoms. The number of hydrogen-bond donors (Lipinski definition) is 0. The zero-order valence-corrected chi connectivity index (χ0v) is 31.1. The maximum Gasteiger partial charge on any atom is 2.00 e. The molecule has 7 aromatic rings. The molecule has 0 atom stereocenters. The van der Waals surface area contributed by atoms with E-state index in [1.165, 1.54) is 38.9 Å². The van der Waals surface area contributed by atoms with E-state index in [0.29, 0.717) is 17.4 Å². The van der Waals surface area contributed by atoms with Crippen molar-refractivity contribution in [1.29, 1.82) is 0 Å². The van der Waals surface area contributed by atoms with Gasteiger partial charge in [0.1, 0.15) is 5.82 Å². The molecule has 0 saturated heterocycles. The van der Waals surface area contributed by atoms with Crippen LogP contribution in [0.15, 0.2) is 79.3 Å². The van der Waals surface area contributed by atoms with Crippen LogP contribution in [-0.4, -0.2) is 19.3 Å². The van der Waals surface area contributed by atoms with Gasteiger partial charge in [0.05, 0.1) is 6.20 Å². The van der Waals surface area contributed by atoms with Crippen LogP contribution < -0.4 is 4.74 Å². The molecule has 0 spiro atoms. The van der Waals surface area contributed by atoms with E-state index in [-0.39, 0.29) is 21.1 Å². The molecule has 5 nitrogen and oxygen atoms in total. The largest absolute Gasteiger partial charge is 2.00 e. The second kappa shape index (κ2) is 13.2. The van der Waals surface area contributed by atoms with Crippen LogP contribution in [0.1, 0.15) is 52.8 Å². The van der Waals surface area contributed by atoms with Gasteiger partial charge < -0.3 is 9.30 Å². The Kier molecular flexibility index (Phi) is 9.20. The van der Waals surface area contributed by atoms with Gasteiger partial charge in [-0.15, -0.1) is 35.7 Å². The number of rotatable bonds is 7. The summed E-state index contributed by atoms with van der Waals surface area (Å²) < 4.78 is 10.6. The molecule has 3 heterocycles.